The van der Waals surface area contributed by atoms with E-state index < -0.39 is 15.8 Å². The van der Waals surface area contributed by atoms with Crippen LogP contribution in [0.15, 0.2) is 53.4 Å². The minimum absolute atomic E-state index is 0.215. The van der Waals surface area contributed by atoms with Crippen LogP contribution in [0, 0.1) is 5.82 Å². The molecule has 0 radical (unpaired) electrons. The summed E-state index contributed by atoms with van der Waals surface area (Å²) in [6.07, 6.45) is 0. The summed E-state index contributed by atoms with van der Waals surface area (Å²) < 4.78 is 40.1. The zero-order chi connectivity index (χ0) is 19.6. The molecule has 0 spiro atoms. The minimum Gasteiger partial charge on any atom is -0.336 e. The molecule has 1 heterocycles. The third-order valence-corrected chi connectivity index (χ3v) is 6.71. The molecular weight excluding hydrogens is 367 g/mol. The standard InChI is InChI=1S/C20H23FN2O3S/c1-15(2)16-5-9-19(10-6-16)27(25,26)23-13-11-22(12-14-23)20(24)17-3-7-18(21)8-4-17/h3-10,15H,11-14H2,1-2H3. The molecule has 0 saturated carbocycles. The number of hydrogen-bond acceptors (Lipinski definition) is 3. The first-order valence-electron chi connectivity index (χ1n) is 8.94. The molecule has 2 aromatic rings. The second-order valence-electron chi connectivity index (χ2n) is 6.93. The van der Waals surface area contributed by atoms with Crippen molar-refractivity contribution in [2.45, 2.75) is 24.7 Å². The van der Waals surface area contributed by atoms with E-state index in [1.807, 2.05) is 12.1 Å². The van der Waals surface area contributed by atoms with Gasteiger partial charge in [-0.15, -0.1) is 0 Å². The average molecular weight is 390 g/mol. The zero-order valence-corrected chi connectivity index (χ0v) is 16.2. The van der Waals surface area contributed by atoms with Gasteiger partial charge in [0.1, 0.15) is 5.82 Å². The Morgan fingerprint density at radius 2 is 1.48 bits per heavy atom. The van der Waals surface area contributed by atoms with Crippen molar-refractivity contribution in [3.05, 3.63) is 65.5 Å². The molecule has 0 unspecified atom stereocenters. The van der Waals surface area contributed by atoms with Crippen molar-refractivity contribution >= 4 is 15.9 Å². The monoisotopic (exact) mass is 390 g/mol. The summed E-state index contributed by atoms with van der Waals surface area (Å²) in [5, 5.41) is 0. The Morgan fingerprint density at radius 1 is 0.926 bits per heavy atom. The maximum Gasteiger partial charge on any atom is 0.253 e. The number of nitrogens with zero attached hydrogens (tertiary/aromatic N) is 2. The lowest BCUT2D eigenvalue weighted by Gasteiger charge is -2.34. The SMILES string of the molecule is CC(C)c1ccc(S(=O)(=O)N2CCN(C(=O)c3ccc(F)cc3)CC2)cc1. The first-order valence-corrected chi connectivity index (χ1v) is 10.4. The van der Waals surface area contributed by atoms with Crippen LogP contribution in [-0.4, -0.2) is 49.7 Å². The number of carbonyl (C=O) groups excluding carboxylic acids is 1. The summed E-state index contributed by atoms with van der Waals surface area (Å²) in [5.41, 5.74) is 1.49. The van der Waals surface area contributed by atoms with Crippen molar-refractivity contribution in [3.8, 4) is 0 Å². The molecule has 0 N–H and O–H groups in total. The molecule has 1 amide bonds. The Bertz CT molecular complexity index is 901. The Labute approximate surface area is 159 Å². The molecule has 1 saturated heterocycles. The second kappa shape index (κ2) is 7.78. The van der Waals surface area contributed by atoms with Gasteiger partial charge in [-0.05, 0) is 47.9 Å². The molecular formula is C20H23FN2O3S. The van der Waals surface area contributed by atoms with E-state index in [0.717, 1.165) is 5.56 Å². The lowest BCUT2D eigenvalue weighted by Crippen LogP contribution is -2.50. The van der Waals surface area contributed by atoms with E-state index >= 15 is 0 Å². The van der Waals surface area contributed by atoms with Crippen molar-refractivity contribution in [3.63, 3.8) is 0 Å². The molecule has 1 fully saturated rings. The molecule has 27 heavy (non-hydrogen) atoms. The maximum absolute atomic E-state index is 13.0. The van der Waals surface area contributed by atoms with Crippen LogP contribution in [0.1, 0.15) is 35.7 Å². The number of hydrogen-bond donors (Lipinski definition) is 0. The van der Waals surface area contributed by atoms with E-state index in [4.69, 9.17) is 0 Å². The van der Waals surface area contributed by atoms with E-state index in [-0.39, 0.29) is 23.9 Å². The third-order valence-electron chi connectivity index (χ3n) is 4.80. The predicted molar refractivity (Wildman–Crippen MR) is 102 cm³/mol. The van der Waals surface area contributed by atoms with Crippen molar-refractivity contribution in [2.24, 2.45) is 0 Å². The van der Waals surface area contributed by atoms with Crippen LogP contribution >= 0.6 is 0 Å². The second-order valence-corrected chi connectivity index (χ2v) is 8.86. The van der Waals surface area contributed by atoms with Gasteiger partial charge < -0.3 is 4.90 Å². The Balaban J connectivity index is 1.67. The van der Waals surface area contributed by atoms with Gasteiger partial charge >= 0.3 is 0 Å². The van der Waals surface area contributed by atoms with E-state index in [9.17, 15) is 17.6 Å². The number of carbonyl (C=O) groups is 1. The van der Waals surface area contributed by atoms with Crippen LogP contribution in [0.4, 0.5) is 4.39 Å². The van der Waals surface area contributed by atoms with Gasteiger partial charge in [-0.2, -0.15) is 4.31 Å². The van der Waals surface area contributed by atoms with Crippen LogP contribution in [0.2, 0.25) is 0 Å². The largest absolute Gasteiger partial charge is 0.336 e. The molecule has 5 nitrogen and oxygen atoms in total. The Morgan fingerprint density at radius 3 is 2.00 bits per heavy atom. The molecule has 144 valence electrons. The number of benzene rings is 2. The summed E-state index contributed by atoms with van der Waals surface area (Å²) in [5.74, 6) is -0.276. The van der Waals surface area contributed by atoms with Gasteiger partial charge in [0.2, 0.25) is 10.0 Å². The van der Waals surface area contributed by atoms with Crippen LogP contribution in [0.3, 0.4) is 0 Å². The topological polar surface area (TPSA) is 57.7 Å². The first kappa shape index (κ1) is 19.5. The normalized spacial score (nSPS) is 15.9. The molecule has 0 bridgehead atoms. The molecule has 1 aliphatic rings. The number of sulfonamides is 1. The highest BCUT2D eigenvalue weighted by atomic mass is 32.2. The van der Waals surface area contributed by atoms with Gasteiger partial charge in [-0.3, -0.25) is 4.79 Å². The van der Waals surface area contributed by atoms with Crippen molar-refractivity contribution < 1.29 is 17.6 Å². The fraction of sp³-hybridized carbons (Fsp3) is 0.350. The number of halogens is 1. The molecule has 3 rings (SSSR count). The Hall–Kier alpha value is -2.25. The molecule has 7 heteroatoms. The summed E-state index contributed by atoms with van der Waals surface area (Å²) in [7, 11) is -3.58. The fourth-order valence-corrected chi connectivity index (χ4v) is 4.50. The van der Waals surface area contributed by atoms with Crippen LogP contribution in [0.25, 0.3) is 0 Å². The summed E-state index contributed by atoms with van der Waals surface area (Å²) in [6, 6.07) is 12.3. The quantitative estimate of drug-likeness (QED) is 0.806. The zero-order valence-electron chi connectivity index (χ0n) is 15.4. The average Bonchev–Trinajstić information content (AvgIpc) is 2.68. The Kier molecular flexibility index (Phi) is 5.62. The van der Waals surface area contributed by atoms with Gasteiger partial charge in [0, 0.05) is 31.7 Å². The van der Waals surface area contributed by atoms with Gasteiger partial charge in [-0.25, -0.2) is 12.8 Å². The van der Waals surface area contributed by atoms with E-state index in [1.54, 1.807) is 17.0 Å². The van der Waals surface area contributed by atoms with E-state index in [1.165, 1.54) is 28.6 Å². The van der Waals surface area contributed by atoms with Crippen molar-refractivity contribution in [1.29, 1.82) is 0 Å². The first-order chi connectivity index (χ1) is 12.8. The summed E-state index contributed by atoms with van der Waals surface area (Å²) in [6.45, 7) is 5.20. The van der Waals surface area contributed by atoms with Crippen molar-refractivity contribution in [1.82, 2.24) is 9.21 Å². The molecule has 0 atom stereocenters. The number of piperazine rings is 1. The lowest BCUT2D eigenvalue weighted by molar-refractivity contribution is 0.0698. The van der Waals surface area contributed by atoms with E-state index in [2.05, 4.69) is 13.8 Å². The molecule has 1 aliphatic heterocycles. The predicted octanol–water partition coefficient (Wildman–Crippen LogP) is 3.10. The number of rotatable bonds is 4. The summed E-state index contributed by atoms with van der Waals surface area (Å²) >= 11 is 0. The smallest absolute Gasteiger partial charge is 0.253 e. The van der Waals surface area contributed by atoms with Gasteiger partial charge in [0.05, 0.1) is 4.90 Å². The highest BCUT2D eigenvalue weighted by Crippen LogP contribution is 2.21. The maximum atomic E-state index is 13.0. The molecule has 2 aromatic carbocycles. The minimum atomic E-state index is -3.58. The van der Waals surface area contributed by atoms with Crippen molar-refractivity contribution in [2.75, 3.05) is 26.2 Å². The van der Waals surface area contributed by atoms with Crippen LogP contribution in [0.5, 0.6) is 0 Å². The van der Waals surface area contributed by atoms with Crippen LogP contribution < -0.4 is 0 Å². The number of amides is 1. The highest BCUT2D eigenvalue weighted by Gasteiger charge is 2.30. The highest BCUT2D eigenvalue weighted by molar-refractivity contribution is 7.89. The fourth-order valence-electron chi connectivity index (χ4n) is 3.08. The van der Waals surface area contributed by atoms with Gasteiger partial charge in [0.15, 0.2) is 0 Å². The molecule has 0 aromatic heterocycles. The van der Waals surface area contributed by atoms with Gasteiger partial charge in [0.25, 0.3) is 5.91 Å². The van der Waals surface area contributed by atoms with Crippen LogP contribution in [-0.2, 0) is 10.0 Å². The summed E-state index contributed by atoms with van der Waals surface area (Å²) in [4.78, 5) is 14.3. The lowest BCUT2D eigenvalue weighted by atomic mass is 10.0. The molecule has 0 aliphatic carbocycles. The van der Waals surface area contributed by atoms with Gasteiger partial charge in [-0.1, -0.05) is 26.0 Å². The third kappa shape index (κ3) is 4.20. The van der Waals surface area contributed by atoms with E-state index in [0.29, 0.717) is 24.6 Å².